The monoisotopic (exact) mass is 320 g/mol. The number of benzene rings is 2. The number of halogens is 1. The molecule has 21 heavy (non-hydrogen) atoms. The molecule has 110 valence electrons. The molecule has 2 rings (SSSR count). The van der Waals surface area contributed by atoms with E-state index in [2.05, 4.69) is 10.6 Å². The molecule has 1 atom stereocenters. The lowest BCUT2D eigenvalue weighted by molar-refractivity contribution is 0.287. The van der Waals surface area contributed by atoms with Crippen LogP contribution in [-0.2, 0) is 0 Å². The number of hydrogen-bond acceptors (Lipinski definition) is 2. The molecule has 3 nitrogen and oxygen atoms in total. The molecule has 0 amide bonds. The van der Waals surface area contributed by atoms with Crippen LogP contribution in [0.1, 0.15) is 6.92 Å². The number of hydrogen-bond donors (Lipinski definition) is 2. The third-order valence-corrected chi connectivity index (χ3v) is 3.29. The van der Waals surface area contributed by atoms with Crippen LogP contribution in [0.5, 0.6) is 5.75 Å². The summed E-state index contributed by atoms with van der Waals surface area (Å²) in [7, 11) is 0. The highest BCUT2D eigenvalue weighted by molar-refractivity contribution is 7.80. The molecule has 0 saturated heterocycles. The topological polar surface area (TPSA) is 33.3 Å². The highest BCUT2D eigenvalue weighted by Crippen LogP contribution is 2.20. The molecule has 0 bridgehead atoms. The van der Waals surface area contributed by atoms with Crippen LogP contribution in [0.25, 0.3) is 0 Å². The lowest BCUT2D eigenvalue weighted by Crippen LogP contribution is -2.39. The Morgan fingerprint density at radius 2 is 1.81 bits per heavy atom. The SMILES string of the molecule is C[C@@H](COc1ccccc1)NC(=S)Nc1ccccc1Cl. The predicted octanol–water partition coefficient (Wildman–Crippen LogP) is 4.09. The van der Waals surface area contributed by atoms with Crippen LogP contribution in [0.4, 0.5) is 5.69 Å². The van der Waals surface area contributed by atoms with Crippen molar-refractivity contribution in [2.24, 2.45) is 0 Å². The predicted molar refractivity (Wildman–Crippen MR) is 92.2 cm³/mol. The van der Waals surface area contributed by atoms with Gasteiger partial charge >= 0.3 is 0 Å². The average molecular weight is 321 g/mol. The summed E-state index contributed by atoms with van der Waals surface area (Å²) in [5, 5.41) is 7.39. The van der Waals surface area contributed by atoms with Crippen LogP contribution in [-0.4, -0.2) is 17.8 Å². The standard InChI is InChI=1S/C16H17ClN2OS/c1-12(11-20-13-7-3-2-4-8-13)18-16(21)19-15-10-6-5-9-14(15)17/h2-10,12H,11H2,1H3,(H2,18,19,21)/t12-/m0/s1. The van der Waals surface area contributed by atoms with E-state index in [1.54, 1.807) is 0 Å². The minimum atomic E-state index is 0.0766. The Bertz CT molecular complexity index is 592. The summed E-state index contributed by atoms with van der Waals surface area (Å²) in [5.41, 5.74) is 0.785. The molecule has 0 heterocycles. The maximum absolute atomic E-state index is 6.07. The molecule has 0 spiro atoms. The van der Waals surface area contributed by atoms with E-state index in [0.29, 0.717) is 16.7 Å². The molecule has 0 aliphatic heterocycles. The molecular weight excluding hydrogens is 304 g/mol. The molecule has 5 heteroatoms. The van der Waals surface area contributed by atoms with E-state index < -0.39 is 0 Å². The van der Waals surface area contributed by atoms with Crippen molar-refractivity contribution in [1.82, 2.24) is 5.32 Å². The summed E-state index contributed by atoms with van der Waals surface area (Å²) in [6.07, 6.45) is 0. The van der Waals surface area contributed by atoms with Gasteiger partial charge in [-0.15, -0.1) is 0 Å². The molecule has 0 saturated carbocycles. The van der Waals surface area contributed by atoms with Gasteiger partial charge in [0.2, 0.25) is 0 Å². The Hall–Kier alpha value is -1.78. The van der Waals surface area contributed by atoms with Gasteiger partial charge in [0.05, 0.1) is 16.8 Å². The van der Waals surface area contributed by atoms with E-state index in [4.69, 9.17) is 28.6 Å². The average Bonchev–Trinajstić information content (AvgIpc) is 2.48. The molecule has 0 aliphatic rings. The zero-order chi connectivity index (χ0) is 15.1. The first kappa shape index (κ1) is 15.6. The van der Waals surface area contributed by atoms with Crippen molar-refractivity contribution < 1.29 is 4.74 Å². The molecule has 0 radical (unpaired) electrons. The van der Waals surface area contributed by atoms with Gasteiger partial charge in [-0.1, -0.05) is 41.9 Å². The van der Waals surface area contributed by atoms with Crippen LogP contribution in [0.3, 0.4) is 0 Å². The van der Waals surface area contributed by atoms with Gasteiger partial charge in [0, 0.05) is 0 Å². The normalized spacial score (nSPS) is 11.5. The van der Waals surface area contributed by atoms with Crippen molar-refractivity contribution in [2.45, 2.75) is 13.0 Å². The number of para-hydroxylation sites is 2. The number of rotatable bonds is 5. The number of anilines is 1. The lowest BCUT2D eigenvalue weighted by atomic mass is 10.3. The van der Waals surface area contributed by atoms with Gasteiger partial charge in [0.1, 0.15) is 12.4 Å². The zero-order valence-electron chi connectivity index (χ0n) is 11.7. The van der Waals surface area contributed by atoms with Crippen molar-refractivity contribution >= 4 is 34.6 Å². The van der Waals surface area contributed by atoms with Crippen molar-refractivity contribution in [2.75, 3.05) is 11.9 Å². The number of thiocarbonyl (C=S) groups is 1. The van der Waals surface area contributed by atoms with Crippen LogP contribution < -0.4 is 15.4 Å². The Balaban J connectivity index is 1.78. The Morgan fingerprint density at radius 3 is 2.52 bits per heavy atom. The van der Waals surface area contributed by atoms with Gasteiger partial charge < -0.3 is 15.4 Å². The highest BCUT2D eigenvalue weighted by Gasteiger charge is 2.06. The van der Waals surface area contributed by atoms with Gasteiger partial charge in [-0.3, -0.25) is 0 Å². The Kier molecular flexibility index (Phi) is 5.84. The quantitative estimate of drug-likeness (QED) is 0.813. The van der Waals surface area contributed by atoms with Crippen molar-refractivity contribution in [3.8, 4) is 5.75 Å². The molecule has 0 aromatic heterocycles. The summed E-state index contributed by atoms with van der Waals surface area (Å²) in [6.45, 7) is 2.53. The van der Waals surface area contributed by atoms with Crippen molar-refractivity contribution in [3.05, 3.63) is 59.6 Å². The second-order valence-corrected chi connectivity index (χ2v) is 5.42. The smallest absolute Gasteiger partial charge is 0.171 e. The summed E-state index contributed by atoms with van der Waals surface area (Å²) < 4.78 is 5.67. The third kappa shape index (κ3) is 5.25. The maximum atomic E-state index is 6.07. The molecule has 2 aromatic rings. The molecular formula is C16H17ClN2OS. The van der Waals surface area contributed by atoms with E-state index in [9.17, 15) is 0 Å². The van der Waals surface area contributed by atoms with E-state index in [-0.39, 0.29) is 6.04 Å². The van der Waals surface area contributed by atoms with E-state index in [1.807, 2.05) is 61.5 Å². The van der Waals surface area contributed by atoms with Gasteiger partial charge in [0.25, 0.3) is 0 Å². The fourth-order valence-corrected chi connectivity index (χ4v) is 2.22. The summed E-state index contributed by atoms with van der Waals surface area (Å²) in [6, 6.07) is 17.2. The van der Waals surface area contributed by atoms with E-state index >= 15 is 0 Å². The summed E-state index contributed by atoms with van der Waals surface area (Å²) in [5.74, 6) is 0.844. The molecule has 0 aliphatic carbocycles. The minimum Gasteiger partial charge on any atom is -0.491 e. The van der Waals surface area contributed by atoms with Gasteiger partial charge in [-0.2, -0.15) is 0 Å². The highest BCUT2D eigenvalue weighted by atomic mass is 35.5. The van der Waals surface area contributed by atoms with Gasteiger partial charge in [-0.05, 0) is 43.4 Å². The minimum absolute atomic E-state index is 0.0766. The largest absolute Gasteiger partial charge is 0.491 e. The number of ether oxygens (including phenoxy) is 1. The van der Waals surface area contributed by atoms with Crippen molar-refractivity contribution in [3.63, 3.8) is 0 Å². The fraction of sp³-hybridized carbons (Fsp3) is 0.188. The Morgan fingerprint density at radius 1 is 1.14 bits per heavy atom. The van der Waals surface area contributed by atoms with Crippen LogP contribution in [0.15, 0.2) is 54.6 Å². The first-order valence-electron chi connectivity index (χ1n) is 6.65. The van der Waals surface area contributed by atoms with Crippen LogP contribution >= 0.6 is 23.8 Å². The van der Waals surface area contributed by atoms with E-state index in [1.165, 1.54) is 0 Å². The van der Waals surface area contributed by atoms with Gasteiger partial charge in [-0.25, -0.2) is 0 Å². The first-order chi connectivity index (χ1) is 10.1. The molecule has 2 N–H and O–H groups in total. The summed E-state index contributed by atoms with van der Waals surface area (Å²) in [4.78, 5) is 0. The zero-order valence-corrected chi connectivity index (χ0v) is 13.2. The summed E-state index contributed by atoms with van der Waals surface area (Å²) >= 11 is 11.3. The third-order valence-electron chi connectivity index (χ3n) is 2.74. The van der Waals surface area contributed by atoms with Crippen LogP contribution in [0, 0.1) is 0 Å². The molecule has 2 aromatic carbocycles. The lowest BCUT2D eigenvalue weighted by Gasteiger charge is -2.18. The second-order valence-electron chi connectivity index (χ2n) is 4.60. The number of nitrogens with one attached hydrogen (secondary N) is 2. The first-order valence-corrected chi connectivity index (χ1v) is 7.43. The van der Waals surface area contributed by atoms with Crippen molar-refractivity contribution in [1.29, 1.82) is 0 Å². The Labute approximate surface area is 135 Å². The van der Waals surface area contributed by atoms with Crippen LogP contribution in [0.2, 0.25) is 5.02 Å². The molecule has 0 unspecified atom stereocenters. The second kappa shape index (κ2) is 7.86. The fourth-order valence-electron chi connectivity index (χ4n) is 1.72. The molecule has 0 fully saturated rings. The van der Waals surface area contributed by atoms with E-state index in [0.717, 1.165) is 11.4 Å². The maximum Gasteiger partial charge on any atom is 0.171 e. The van der Waals surface area contributed by atoms with Gasteiger partial charge in [0.15, 0.2) is 5.11 Å².